The number of hydrogen-bond acceptors (Lipinski definition) is 2. The highest BCUT2D eigenvalue weighted by atomic mass is 16.1. The molecule has 0 aromatic heterocycles. The van der Waals surface area contributed by atoms with E-state index in [1.807, 2.05) is 37.3 Å². The number of anilines is 2. The van der Waals surface area contributed by atoms with E-state index in [-0.39, 0.29) is 11.9 Å². The van der Waals surface area contributed by atoms with Gasteiger partial charge in [0.15, 0.2) is 0 Å². The molecule has 0 fully saturated rings. The molecule has 0 saturated heterocycles. The van der Waals surface area contributed by atoms with Crippen molar-refractivity contribution in [3.05, 3.63) is 60.2 Å². The van der Waals surface area contributed by atoms with Crippen LogP contribution in [0.25, 0.3) is 0 Å². The third-order valence-electron chi connectivity index (χ3n) is 3.42. The van der Waals surface area contributed by atoms with E-state index in [0.29, 0.717) is 6.42 Å². The Morgan fingerprint density at radius 2 is 1.71 bits per heavy atom. The van der Waals surface area contributed by atoms with Gasteiger partial charge in [-0.2, -0.15) is 0 Å². The fraction of sp³-hybridized carbons (Fsp3) is 0.278. The smallest absolute Gasteiger partial charge is 0.224 e. The van der Waals surface area contributed by atoms with Gasteiger partial charge in [0.1, 0.15) is 0 Å². The molecule has 0 aliphatic heterocycles. The lowest BCUT2D eigenvalue weighted by Gasteiger charge is -2.19. The van der Waals surface area contributed by atoms with Crippen molar-refractivity contribution in [3.63, 3.8) is 0 Å². The number of amides is 1. The van der Waals surface area contributed by atoms with Gasteiger partial charge in [-0.25, -0.2) is 0 Å². The molecule has 2 aromatic carbocycles. The van der Waals surface area contributed by atoms with Crippen LogP contribution < -0.4 is 10.6 Å². The van der Waals surface area contributed by atoms with Crippen LogP contribution in [0.15, 0.2) is 54.6 Å². The number of benzene rings is 2. The zero-order valence-electron chi connectivity index (χ0n) is 12.6. The first-order valence-electron chi connectivity index (χ1n) is 7.44. The Balaban J connectivity index is 2.11. The topological polar surface area (TPSA) is 41.1 Å². The van der Waals surface area contributed by atoms with Gasteiger partial charge in [0.05, 0.1) is 6.04 Å². The molecular formula is C18H22N2O. The molecule has 1 amide bonds. The van der Waals surface area contributed by atoms with E-state index in [0.717, 1.165) is 17.8 Å². The number of hydrogen-bond donors (Lipinski definition) is 2. The summed E-state index contributed by atoms with van der Waals surface area (Å²) < 4.78 is 0. The maximum Gasteiger partial charge on any atom is 0.224 e. The Hall–Kier alpha value is -2.29. The first-order chi connectivity index (χ1) is 10.2. The van der Waals surface area contributed by atoms with E-state index in [1.165, 1.54) is 5.56 Å². The van der Waals surface area contributed by atoms with Crippen LogP contribution in [0.4, 0.5) is 11.4 Å². The van der Waals surface area contributed by atoms with Crippen LogP contribution in [0.3, 0.4) is 0 Å². The van der Waals surface area contributed by atoms with E-state index >= 15 is 0 Å². The van der Waals surface area contributed by atoms with E-state index in [2.05, 4.69) is 41.8 Å². The molecule has 21 heavy (non-hydrogen) atoms. The van der Waals surface area contributed by atoms with Crippen molar-refractivity contribution < 1.29 is 4.79 Å². The molecule has 0 saturated carbocycles. The fourth-order valence-electron chi connectivity index (χ4n) is 2.24. The van der Waals surface area contributed by atoms with Crippen molar-refractivity contribution >= 4 is 17.3 Å². The first-order valence-corrected chi connectivity index (χ1v) is 7.44. The zero-order chi connectivity index (χ0) is 15.1. The van der Waals surface area contributed by atoms with Crippen molar-refractivity contribution in [3.8, 4) is 0 Å². The maximum atomic E-state index is 11.5. The normalized spacial score (nSPS) is 11.7. The summed E-state index contributed by atoms with van der Waals surface area (Å²) in [5.41, 5.74) is 3.11. The lowest BCUT2D eigenvalue weighted by molar-refractivity contribution is -0.115. The number of nitrogens with one attached hydrogen (secondary N) is 2. The zero-order valence-corrected chi connectivity index (χ0v) is 12.6. The molecule has 0 aliphatic carbocycles. The molecule has 2 N–H and O–H groups in total. The molecule has 1 unspecified atom stereocenters. The fourth-order valence-corrected chi connectivity index (χ4v) is 2.24. The van der Waals surface area contributed by atoms with Gasteiger partial charge in [-0.15, -0.1) is 0 Å². The van der Waals surface area contributed by atoms with Gasteiger partial charge in [-0.1, -0.05) is 50.2 Å². The van der Waals surface area contributed by atoms with Crippen LogP contribution in [0.2, 0.25) is 0 Å². The Bertz CT molecular complexity index is 581. The monoisotopic (exact) mass is 282 g/mol. The highest BCUT2D eigenvalue weighted by molar-refractivity contribution is 5.90. The Kier molecular flexibility index (Phi) is 5.38. The summed E-state index contributed by atoms with van der Waals surface area (Å²) >= 11 is 0. The first kappa shape index (κ1) is 15.1. The number of carbonyl (C=O) groups is 1. The van der Waals surface area contributed by atoms with E-state index in [1.54, 1.807) is 0 Å². The summed E-state index contributed by atoms with van der Waals surface area (Å²) in [5.74, 6) is 0.0299. The van der Waals surface area contributed by atoms with Crippen molar-refractivity contribution in [2.24, 2.45) is 0 Å². The molecule has 1 atom stereocenters. The van der Waals surface area contributed by atoms with Gasteiger partial charge in [-0.05, 0) is 30.2 Å². The Labute approximate surface area is 126 Å². The van der Waals surface area contributed by atoms with Gasteiger partial charge < -0.3 is 10.6 Å². The van der Waals surface area contributed by atoms with E-state index in [4.69, 9.17) is 0 Å². The predicted octanol–water partition coefficient (Wildman–Crippen LogP) is 4.60. The van der Waals surface area contributed by atoms with Crippen molar-refractivity contribution in [1.82, 2.24) is 0 Å². The summed E-state index contributed by atoms with van der Waals surface area (Å²) in [6.45, 7) is 4.01. The van der Waals surface area contributed by atoms with Crippen LogP contribution in [0.1, 0.15) is 38.3 Å². The molecular weight excluding hydrogens is 260 g/mol. The third kappa shape index (κ3) is 4.35. The summed E-state index contributed by atoms with van der Waals surface area (Å²) in [5, 5.41) is 6.41. The van der Waals surface area contributed by atoms with Gasteiger partial charge >= 0.3 is 0 Å². The molecule has 2 rings (SSSR count). The lowest BCUT2D eigenvalue weighted by atomic mass is 10.0. The average Bonchev–Trinajstić information content (AvgIpc) is 2.53. The van der Waals surface area contributed by atoms with E-state index < -0.39 is 0 Å². The van der Waals surface area contributed by atoms with Crippen LogP contribution in [0, 0.1) is 0 Å². The van der Waals surface area contributed by atoms with Crippen molar-refractivity contribution in [2.75, 3.05) is 10.6 Å². The number of carbonyl (C=O) groups excluding carboxylic acids is 1. The van der Waals surface area contributed by atoms with Gasteiger partial charge in [0.25, 0.3) is 0 Å². The Morgan fingerprint density at radius 1 is 1.00 bits per heavy atom. The molecule has 0 heterocycles. The minimum atomic E-state index is 0.0299. The van der Waals surface area contributed by atoms with Crippen LogP contribution in [-0.4, -0.2) is 5.91 Å². The molecule has 3 nitrogen and oxygen atoms in total. The van der Waals surface area contributed by atoms with Crippen molar-refractivity contribution in [1.29, 1.82) is 0 Å². The predicted molar refractivity (Wildman–Crippen MR) is 88.5 cm³/mol. The SMILES string of the molecule is CCC(=O)Nc1cccc(NC(CC)c2ccccc2)c1. The second-order valence-electron chi connectivity index (χ2n) is 5.00. The largest absolute Gasteiger partial charge is 0.378 e. The summed E-state index contributed by atoms with van der Waals surface area (Å²) in [6, 6.07) is 18.5. The average molecular weight is 282 g/mol. The maximum absolute atomic E-state index is 11.5. The van der Waals surface area contributed by atoms with Crippen LogP contribution in [0.5, 0.6) is 0 Å². The molecule has 0 bridgehead atoms. The quantitative estimate of drug-likeness (QED) is 0.813. The summed E-state index contributed by atoms with van der Waals surface area (Å²) in [4.78, 5) is 11.5. The minimum Gasteiger partial charge on any atom is -0.378 e. The standard InChI is InChI=1S/C18H22N2O/c1-3-17(14-9-6-5-7-10-14)19-15-11-8-12-16(13-15)20-18(21)4-2/h5-13,17,19H,3-4H2,1-2H3,(H,20,21). The number of rotatable bonds is 6. The molecule has 0 aliphatic rings. The highest BCUT2D eigenvalue weighted by Gasteiger charge is 2.09. The highest BCUT2D eigenvalue weighted by Crippen LogP contribution is 2.24. The summed E-state index contributed by atoms with van der Waals surface area (Å²) in [6.07, 6.45) is 1.48. The molecule has 3 heteroatoms. The van der Waals surface area contributed by atoms with Crippen LogP contribution in [-0.2, 0) is 4.79 Å². The molecule has 0 spiro atoms. The Morgan fingerprint density at radius 3 is 2.38 bits per heavy atom. The van der Waals surface area contributed by atoms with Crippen LogP contribution >= 0.6 is 0 Å². The molecule has 0 radical (unpaired) electrons. The third-order valence-corrected chi connectivity index (χ3v) is 3.42. The second-order valence-corrected chi connectivity index (χ2v) is 5.00. The minimum absolute atomic E-state index is 0.0299. The van der Waals surface area contributed by atoms with Gasteiger partial charge in [0.2, 0.25) is 5.91 Å². The van der Waals surface area contributed by atoms with Crippen molar-refractivity contribution in [2.45, 2.75) is 32.7 Å². The molecule has 110 valence electrons. The van der Waals surface area contributed by atoms with Gasteiger partial charge in [-0.3, -0.25) is 4.79 Å². The van der Waals surface area contributed by atoms with E-state index in [9.17, 15) is 4.79 Å². The summed E-state index contributed by atoms with van der Waals surface area (Å²) in [7, 11) is 0. The second kappa shape index (κ2) is 7.48. The lowest BCUT2D eigenvalue weighted by Crippen LogP contribution is -2.11. The van der Waals surface area contributed by atoms with Gasteiger partial charge in [0, 0.05) is 17.8 Å². The molecule has 2 aromatic rings.